The molecule has 1 heterocycles. The molecule has 2 N–H and O–H groups in total. The van der Waals surface area contributed by atoms with Crippen LogP contribution in [0.2, 0.25) is 0 Å². The predicted molar refractivity (Wildman–Crippen MR) is 88.3 cm³/mol. The van der Waals surface area contributed by atoms with Gasteiger partial charge < -0.3 is 5.73 Å². The number of ketones is 1. The van der Waals surface area contributed by atoms with Gasteiger partial charge in [0.2, 0.25) is 0 Å². The minimum Gasteiger partial charge on any atom is -0.366 e. The zero-order chi connectivity index (χ0) is 16.6. The Morgan fingerprint density at radius 1 is 1.04 bits per heavy atom. The first-order valence-corrected chi connectivity index (χ1v) is 7.28. The number of fused-ring (bicyclic) bond motifs is 1. The molecule has 0 aliphatic rings. The van der Waals surface area contributed by atoms with E-state index in [0.717, 1.165) is 10.8 Å². The Balaban J connectivity index is 2.00. The van der Waals surface area contributed by atoms with Crippen molar-refractivity contribution in [3.63, 3.8) is 0 Å². The Labute approximate surface area is 133 Å². The third-order valence-electron chi connectivity index (χ3n) is 4.01. The van der Waals surface area contributed by atoms with E-state index in [4.69, 9.17) is 5.73 Å². The van der Waals surface area contributed by atoms with Crippen molar-refractivity contribution in [3.05, 3.63) is 66.0 Å². The van der Waals surface area contributed by atoms with E-state index >= 15 is 0 Å². The molecule has 3 aromatic rings. The van der Waals surface area contributed by atoms with E-state index in [9.17, 15) is 9.59 Å². The van der Waals surface area contributed by atoms with Crippen molar-refractivity contribution in [2.24, 2.45) is 5.73 Å². The molecule has 0 fully saturated rings. The highest BCUT2D eigenvalue weighted by Gasteiger charge is 2.32. The third kappa shape index (κ3) is 2.61. The van der Waals surface area contributed by atoms with Crippen LogP contribution >= 0.6 is 0 Å². The van der Waals surface area contributed by atoms with Crippen LogP contribution in [0, 0.1) is 0 Å². The van der Waals surface area contributed by atoms with Crippen LogP contribution in [0.5, 0.6) is 0 Å². The van der Waals surface area contributed by atoms with Crippen molar-refractivity contribution in [1.29, 1.82) is 0 Å². The fraction of sp³-hybridized carbons (Fsp3) is 0.167. The molecule has 0 aliphatic carbocycles. The molecule has 0 bridgehead atoms. The summed E-state index contributed by atoms with van der Waals surface area (Å²) in [5.41, 5.74) is 5.21. The summed E-state index contributed by atoms with van der Waals surface area (Å²) in [5, 5.41) is 6.20. The average Bonchev–Trinajstić information content (AvgIpc) is 3.04. The molecule has 0 aliphatic heterocycles. The Kier molecular flexibility index (Phi) is 3.48. The van der Waals surface area contributed by atoms with Crippen LogP contribution in [0.4, 0.5) is 0 Å². The van der Waals surface area contributed by atoms with Crippen molar-refractivity contribution in [1.82, 2.24) is 9.78 Å². The molecule has 0 unspecified atom stereocenters. The van der Waals surface area contributed by atoms with Gasteiger partial charge in [0.25, 0.3) is 5.91 Å². The normalized spacial score (nSPS) is 11.6. The maximum Gasteiger partial charge on any atom is 0.251 e. The molecular formula is C18H17N3O2. The highest BCUT2D eigenvalue weighted by atomic mass is 16.1. The van der Waals surface area contributed by atoms with Crippen LogP contribution in [0.15, 0.2) is 54.9 Å². The first kappa shape index (κ1) is 15.0. The van der Waals surface area contributed by atoms with Gasteiger partial charge in [0.1, 0.15) is 5.54 Å². The maximum absolute atomic E-state index is 12.9. The topological polar surface area (TPSA) is 78.0 Å². The molecule has 0 radical (unpaired) electrons. The number of hydrogen-bond donors (Lipinski definition) is 1. The number of amides is 1. The number of carbonyl (C=O) groups is 2. The molecule has 3 rings (SSSR count). The first-order chi connectivity index (χ1) is 10.9. The summed E-state index contributed by atoms with van der Waals surface area (Å²) < 4.78 is 1.48. The number of aromatic nitrogens is 2. The smallest absolute Gasteiger partial charge is 0.251 e. The largest absolute Gasteiger partial charge is 0.366 e. The second-order valence-corrected chi connectivity index (χ2v) is 5.99. The summed E-state index contributed by atoms with van der Waals surface area (Å²) in [6, 6.07) is 13.5. The Morgan fingerprint density at radius 2 is 1.74 bits per heavy atom. The maximum atomic E-state index is 12.9. The Morgan fingerprint density at radius 3 is 2.39 bits per heavy atom. The van der Waals surface area contributed by atoms with Gasteiger partial charge in [-0.2, -0.15) is 5.10 Å². The lowest BCUT2D eigenvalue weighted by atomic mass is 9.92. The van der Waals surface area contributed by atoms with Crippen molar-refractivity contribution in [2.45, 2.75) is 19.4 Å². The monoisotopic (exact) mass is 307 g/mol. The van der Waals surface area contributed by atoms with E-state index in [1.807, 2.05) is 42.5 Å². The molecule has 23 heavy (non-hydrogen) atoms. The number of carbonyl (C=O) groups excluding carboxylic acids is 2. The predicted octanol–water partition coefficient (Wildman–Crippen LogP) is 2.75. The second kappa shape index (κ2) is 5.35. The minimum absolute atomic E-state index is 0.0811. The lowest BCUT2D eigenvalue weighted by Gasteiger charge is -2.24. The van der Waals surface area contributed by atoms with Gasteiger partial charge in [-0.15, -0.1) is 0 Å². The zero-order valence-corrected chi connectivity index (χ0v) is 13.0. The van der Waals surface area contributed by atoms with Gasteiger partial charge in [-0.3, -0.25) is 14.3 Å². The molecule has 0 saturated carbocycles. The van der Waals surface area contributed by atoms with Gasteiger partial charge in [-0.05, 0) is 30.7 Å². The van der Waals surface area contributed by atoms with Crippen molar-refractivity contribution < 1.29 is 9.59 Å². The summed E-state index contributed by atoms with van der Waals surface area (Å²) >= 11 is 0. The van der Waals surface area contributed by atoms with E-state index in [0.29, 0.717) is 5.56 Å². The van der Waals surface area contributed by atoms with Gasteiger partial charge in [-0.25, -0.2) is 0 Å². The van der Waals surface area contributed by atoms with Gasteiger partial charge in [0.15, 0.2) is 5.78 Å². The molecule has 0 saturated heterocycles. The quantitative estimate of drug-likeness (QED) is 0.753. The average molecular weight is 307 g/mol. The molecule has 1 aromatic heterocycles. The van der Waals surface area contributed by atoms with Gasteiger partial charge in [0, 0.05) is 11.8 Å². The zero-order valence-electron chi connectivity index (χ0n) is 13.0. The van der Waals surface area contributed by atoms with Crippen LogP contribution in [0.1, 0.15) is 34.6 Å². The van der Waals surface area contributed by atoms with Crippen molar-refractivity contribution >= 4 is 22.5 Å². The van der Waals surface area contributed by atoms with Gasteiger partial charge >= 0.3 is 0 Å². The van der Waals surface area contributed by atoms with Crippen LogP contribution in [0.3, 0.4) is 0 Å². The standard InChI is InChI=1S/C18H17N3O2/c1-18(2,21-11-15(10-20-21)17(19)23)16(22)14-8-7-12-5-3-4-6-13(12)9-14/h3-11H,1-2H3,(H2,19,23). The highest BCUT2D eigenvalue weighted by molar-refractivity contribution is 6.04. The molecule has 1 amide bonds. The molecule has 2 aromatic carbocycles. The lowest BCUT2D eigenvalue weighted by molar-refractivity contribution is 0.0832. The molecule has 116 valence electrons. The lowest BCUT2D eigenvalue weighted by Crippen LogP contribution is -2.36. The molecule has 5 nitrogen and oxygen atoms in total. The molecule has 0 atom stereocenters. The van der Waals surface area contributed by atoms with E-state index in [1.165, 1.54) is 17.1 Å². The second-order valence-electron chi connectivity index (χ2n) is 5.99. The van der Waals surface area contributed by atoms with Crippen molar-refractivity contribution in [3.8, 4) is 0 Å². The molecule has 0 spiro atoms. The third-order valence-corrected chi connectivity index (χ3v) is 4.01. The van der Waals surface area contributed by atoms with Gasteiger partial charge in [0.05, 0.1) is 11.8 Å². The van der Waals surface area contributed by atoms with Crippen LogP contribution < -0.4 is 5.73 Å². The van der Waals surface area contributed by atoms with E-state index < -0.39 is 11.4 Å². The summed E-state index contributed by atoms with van der Waals surface area (Å²) in [7, 11) is 0. The molecular weight excluding hydrogens is 290 g/mol. The van der Waals surface area contributed by atoms with E-state index in [1.54, 1.807) is 13.8 Å². The fourth-order valence-corrected chi connectivity index (χ4v) is 2.54. The number of nitrogens with two attached hydrogens (primary N) is 1. The van der Waals surface area contributed by atoms with E-state index in [-0.39, 0.29) is 11.3 Å². The fourth-order valence-electron chi connectivity index (χ4n) is 2.54. The number of Topliss-reactive ketones (excluding diaryl/α,β-unsaturated/α-hetero) is 1. The summed E-state index contributed by atoms with van der Waals surface area (Å²) in [4.78, 5) is 24.1. The van der Waals surface area contributed by atoms with Gasteiger partial charge in [-0.1, -0.05) is 36.4 Å². The number of hydrogen-bond acceptors (Lipinski definition) is 3. The number of benzene rings is 2. The van der Waals surface area contributed by atoms with Crippen molar-refractivity contribution in [2.75, 3.05) is 0 Å². The SMILES string of the molecule is CC(C)(C(=O)c1ccc2ccccc2c1)n1cc(C(N)=O)cn1. The minimum atomic E-state index is -0.920. The summed E-state index contributed by atoms with van der Waals surface area (Å²) in [6.45, 7) is 3.53. The van der Waals surface area contributed by atoms with Crippen LogP contribution in [-0.4, -0.2) is 21.5 Å². The first-order valence-electron chi connectivity index (χ1n) is 7.28. The number of rotatable bonds is 4. The summed E-state index contributed by atoms with van der Waals surface area (Å²) in [6.07, 6.45) is 2.87. The van der Waals surface area contributed by atoms with E-state index in [2.05, 4.69) is 5.10 Å². The summed E-state index contributed by atoms with van der Waals surface area (Å²) in [5.74, 6) is -0.646. The number of nitrogens with zero attached hydrogens (tertiary/aromatic N) is 2. The van der Waals surface area contributed by atoms with Crippen LogP contribution in [0.25, 0.3) is 10.8 Å². The number of primary amides is 1. The Hall–Kier alpha value is -2.95. The highest BCUT2D eigenvalue weighted by Crippen LogP contribution is 2.24. The van der Waals surface area contributed by atoms with Crippen LogP contribution in [-0.2, 0) is 5.54 Å². The molecule has 5 heteroatoms. The Bertz CT molecular complexity index is 909.